The van der Waals surface area contributed by atoms with Crippen LogP contribution in [0.1, 0.15) is 23.7 Å². The number of anilines is 1. The molecule has 0 amide bonds. The zero-order chi connectivity index (χ0) is 12.8. The second kappa shape index (κ2) is 6.77. The Hall–Kier alpha value is -0.870. The lowest BCUT2D eigenvalue weighted by molar-refractivity contribution is 0.101. The summed E-state index contributed by atoms with van der Waals surface area (Å²) in [6.07, 6.45) is 0.945. The molecule has 0 atom stereocenters. The summed E-state index contributed by atoms with van der Waals surface area (Å²) in [5, 5.41) is 0. The lowest BCUT2D eigenvalue weighted by atomic mass is 10.1. The number of Topliss-reactive ketones (excluding diaryl/α,β-unsaturated/α-hetero) is 1. The number of ketones is 1. The molecule has 0 aromatic heterocycles. The summed E-state index contributed by atoms with van der Waals surface area (Å²) in [4.78, 5) is 13.7. The minimum absolute atomic E-state index is 0.0832. The molecule has 0 saturated heterocycles. The van der Waals surface area contributed by atoms with Gasteiger partial charge in [-0.25, -0.2) is 0 Å². The van der Waals surface area contributed by atoms with Crippen molar-refractivity contribution in [3.63, 3.8) is 0 Å². The molecule has 0 bridgehead atoms. The van der Waals surface area contributed by atoms with Crippen LogP contribution in [0.15, 0.2) is 22.7 Å². The van der Waals surface area contributed by atoms with Crippen molar-refractivity contribution in [2.75, 3.05) is 32.2 Å². The van der Waals surface area contributed by atoms with Crippen molar-refractivity contribution >= 4 is 27.4 Å². The van der Waals surface area contributed by atoms with Crippen molar-refractivity contribution in [3.05, 3.63) is 28.2 Å². The number of nitrogens with zero attached hydrogens (tertiary/aromatic N) is 1. The molecule has 0 saturated carbocycles. The van der Waals surface area contributed by atoms with Gasteiger partial charge in [0.2, 0.25) is 0 Å². The first-order valence-electron chi connectivity index (χ1n) is 5.57. The average Bonchev–Trinajstić information content (AvgIpc) is 2.29. The van der Waals surface area contributed by atoms with Crippen molar-refractivity contribution in [3.8, 4) is 0 Å². The molecule has 0 N–H and O–H groups in total. The Morgan fingerprint density at radius 1 is 1.47 bits per heavy atom. The second-order valence-electron chi connectivity index (χ2n) is 3.99. The van der Waals surface area contributed by atoms with Gasteiger partial charge in [-0.3, -0.25) is 4.79 Å². The summed E-state index contributed by atoms with van der Waals surface area (Å²) in [6.45, 7) is 3.19. The van der Waals surface area contributed by atoms with E-state index in [0.29, 0.717) is 0 Å². The van der Waals surface area contributed by atoms with Gasteiger partial charge in [0.25, 0.3) is 0 Å². The van der Waals surface area contributed by atoms with Crippen molar-refractivity contribution in [2.24, 2.45) is 0 Å². The molecule has 1 rings (SSSR count). The van der Waals surface area contributed by atoms with Crippen LogP contribution in [0.25, 0.3) is 0 Å². The van der Waals surface area contributed by atoms with E-state index in [-0.39, 0.29) is 5.78 Å². The number of carbonyl (C=O) groups is 1. The van der Waals surface area contributed by atoms with Crippen LogP contribution in [-0.2, 0) is 4.74 Å². The average molecular weight is 300 g/mol. The van der Waals surface area contributed by atoms with E-state index in [1.54, 1.807) is 14.0 Å². The highest BCUT2D eigenvalue weighted by molar-refractivity contribution is 9.10. The number of halogens is 1. The van der Waals surface area contributed by atoms with E-state index >= 15 is 0 Å². The molecule has 4 heteroatoms. The lowest BCUT2D eigenvalue weighted by Gasteiger charge is -2.21. The highest BCUT2D eigenvalue weighted by Gasteiger charge is 2.11. The minimum Gasteiger partial charge on any atom is -0.385 e. The van der Waals surface area contributed by atoms with E-state index in [0.717, 1.165) is 35.3 Å². The molecule has 0 aliphatic carbocycles. The summed E-state index contributed by atoms with van der Waals surface area (Å²) in [5.41, 5.74) is 1.72. The first kappa shape index (κ1) is 14.2. The number of rotatable bonds is 6. The van der Waals surface area contributed by atoms with E-state index in [4.69, 9.17) is 4.74 Å². The van der Waals surface area contributed by atoms with Gasteiger partial charge in [0, 0.05) is 43.0 Å². The lowest BCUT2D eigenvalue weighted by Crippen LogP contribution is -2.21. The van der Waals surface area contributed by atoms with Crippen LogP contribution in [0.3, 0.4) is 0 Å². The number of hydrogen-bond donors (Lipinski definition) is 0. The number of methoxy groups -OCH3 is 1. The van der Waals surface area contributed by atoms with E-state index in [1.165, 1.54) is 0 Å². The smallest absolute Gasteiger partial charge is 0.161 e. The molecule has 0 heterocycles. The van der Waals surface area contributed by atoms with Gasteiger partial charge in [0.1, 0.15) is 0 Å². The monoisotopic (exact) mass is 299 g/mol. The highest BCUT2D eigenvalue weighted by Crippen LogP contribution is 2.24. The third kappa shape index (κ3) is 4.13. The summed E-state index contributed by atoms with van der Waals surface area (Å²) in [5.74, 6) is 0.0832. The molecule has 0 aliphatic rings. The standard InChI is InChI=1S/C13H18BrNO2/c1-10(16)12-9-11(14)5-6-13(12)15(2)7-4-8-17-3/h5-6,9H,4,7-8H2,1-3H3. The number of benzene rings is 1. The maximum Gasteiger partial charge on any atom is 0.161 e. The second-order valence-corrected chi connectivity index (χ2v) is 4.90. The molecule has 1 aromatic rings. The van der Waals surface area contributed by atoms with Gasteiger partial charge in [-0.2, -0.15) is 0 Å². The third-order valence-electron chi connectivity index (χ3n) is 2.59. The van der Waals surface area contributed by atoms with E-state index in [2.05, 4.69) is 20.8 Å². The summed E-state index contributed by atoms with van der Waals surface area (Å²) in [6, 6.07) is 5.78. The van der Waals surface area contributed by atoms with Gasteiger partial charge in [-0.15, -0.1) is 0 Å². The Balaban J connectivity index is 2.84. The zero-order valence-electron chi connectivity index (χ0n) is 10.5. The Morgan fingerprint density at radius 3 is 2.76 bits per heavy atom. The van der Waals surface area contributed by atoms with Crippen LogP contribution in [0.5, 0.6) is 0 Å². The SMILES string of the molecule is COCCCN(C)c1ccc(Br)cc1C(C)=O. The van der Waals surface area contributed by atoms with Crippen LogP contribution in [0, 0.1) is 0 Å². The van der Waals surface area contributed by atoms with E-state index < -0.39 is 0 Å². The maximum absolute atomic E-state index is 11.6. The molecule has 3 nitrogen and oxygen atoms in total. The zero-order valence-corrected chi connectivity index (χ0v) is 12.1. The van der Waals surface area contributed by atoms with Crippen LogP contribution < -0.4 is 4.90 Å². The molecule has 0 fully saturated rings. The summed E-state index contributed by atoms with van der Waals surface area (Å²) in [7, 11) is 3.69. The summed E-state index contributed by atoms with van der Waals surface area (Å²) >= 11 is 3.39. The number of carbonyl (C=O) groups excluding carboxylic acids is 1. The molecule has 17 heavy (non-hydrogen) atoms. The molecule has 0 radical (unpaired) electrons. The van der Waals surface area contributed by atoms with Crippen molar-refractivity contribution in [1.82, 2.24) is 0 Å². The fourth-order valence-electron chi connectivity index (χ4n) is 1.69. The molecular weight excluding hydrogens is 282 g/mol. The first-order valence-corrected chi connectivity index (χ1v) is 6.36. The van der Waals surface area contributed by atoms with Crippen LogP contribution >= 0.6 is 15.9 Å². The van der Waals surface area contributed by atoms with Crippen molar-refractivity contribution < 1.29 is 9.53 Å². The molecule has 1 aromatic carbocycles. The van der Waals surface area contributed by atoms with Crippen molar-refractivity contribution in [2.45, 2.75) is 13.3 Å². The van der Waals surface area contributed by atoms with Gasteiger partial charge in [-0.1, -0.05) is 15.9 Å². The van der Waals surface area contributed by atoms with Crippen molar-refractivity contribution in [1.29, 1.82) is 0 Å². The van der Waals surface area contributed by atoms with Crippen LogP contribution in [-0.4, -0.2) is 33.1 Å². The van der Waals surface area contributed by atoms with Gasteiger partial charge in [0.05, 0.1) is 0 Å². The predicted octanol–water partition coefficient (Wildman–Crippen LogP) is 3.12. The topological polar surface area (TPSA) is 29.5 Å². The minimum atomic E-state index is 0.0832. The fraction of sp³-hybridized carbons (Fsp3) is 0.462. The molecule has 0 spiro atoms. The van der Waals surface area contributed by atoms with Gasteiger partial charge in [0.15, 0.2) is 5.78 Å². The quantitative estimate of drug-likeness (QED) is 0.597. The first-order chi connectivity index (χ1) is 8.06. The Kier molecular flexibility index (Phi) is 5.65. The summed E-state index contributed by atoms with van der Waals surface area (Å²) < 4.78 is 5.95. The normalized spacial score (nSPS) is 10.4. The Labute approximate surface area is 111 Å². The van der Waals surface area contributed by atoms with Gasteiger partial charge in [-0.05, 0) is 31.5 Å². The number of ether oxygens (including phenoxy) is 1. The van der Waals surface area contributed by atoms with Gasteiger partial charge >= 0.3 is 0 Å². The third-order valence-corrected chi connectivity index (χ3v) is 3.08. The molecule has 94 valence electrons. The van der Waals surface area contributed by atoms with E-state index in [1.807, 2.05) is 25.2 Å². The van der Waals surface area contributed by atoms with Gasteiger partial charge < -0.3 is 9.64 Å². The molecular formula is C13H18BrNO2. The predicted molar refractivity (Wildman–Crippen MR) is 73.9 cm³/mol. The van der Waals surface area contributed by atoms with Crippen LogP contribution in [0.4, 0.5) is 5.69 Å². The molecule has 0 aliphatic heterocycles. The molecule has 0 unspecified atom stereocenters. The number of hydrogen-bond acceptors (Lipinski definition) is 3. The van der Waals surface area contributed by atoms with Crippen LogP contribution in [0.2, 0.25) is 0 Å². The fourth-order valence-corrected chi connectivity index (χ4v) is 2.05. The maximum atomic E-state index is 11.6. The van der Waals surface area contributed by atoms with E-state index in [9.17, 15) is 4.79 Å². The largest absolute Gasteiger partial charge is 0.385 e. The highest BCUT2D eigenvalue weighted by atomic mass is 79.9. The Morgan fingerprint density at radius 2 is 2.18 bits per heavy atom. The Bertz CT molecular complexity index is 393.